The van der Waals surface area contributed by atoms with E-state index in [1.54, 1.807) is 0 Å². The average molecular weight is 266 g/mol. The molecule has 0 aliphatic rings. The van der Waals surface area contributed by atoms with Gasteiger partial charge in [-0.3, -0.25) is 0 Å². The molecule has 0 amide bonds. The Balaban J connectivity index is 2.23. The van der Waals surface area contributed by atoms with Crippen molar-refractivity contribution in [3.8, 4) is 6.08 Å². The summed E-state index contributed by atoms with van der Waals surface area (Å²) in [6, 6.07) is 0.317. The first kappa shape index (κ1) is 14.8. The summed E-state index contributed by atoms with van der Waals surface area (Å²) in [6.07, 6.45) is -3.68. The number of ether oxygens (including phenoxy) is 1. The number of nitrogens with one attached hydrogen (secondary N) is 1. The maximum atomic E-state index is 11.9. The minimum Gasteiger partial charge on any atom is -0.450 e. The van der Waals surface area contributed by atoms with Gasteiger partial charge in [0.25, 0.3) is 0 Å². The summed E-state index contributed by atoms with van der Waals surface area (Å²) < 4.78 is 45.5. The van der Waals surface area contributed by atoms with E-state index >= 15 is 0 Å². The molecule has 0 aromatic carbocycles. The Kier molecular flexibility index (Phi) is 5.46. The first-order valence-electron chi connectivity index (χ1n) is 5.74. The van der Waals surface area contributed by atoms with Crippen LogP contribution in [-0.2, 0) is 6.54 Å². The van der Waals surface area contributed by atoms with E-state index in [0.717, 1.165) is 0 Å². The highest BCUT2D eigenvalue weighted by atomic mass is 19.4. The second kappa shape index (κ2) is 6.63. The molecule has 1 heterocycles. The maximum absolute atomic E-state index is 11.9. The first-order chi connectivity index (χ1) is 8.37. The Morgan fingerprint density at radius 3 is 2.78 bits per heavy atom. The van der Waals surface area contributed by atoms with E-state index in [2.05, 4.69) is 10.3 Å². The third kappa shape index (κ3) is 6.48. The number of hydrogen-bond acceptors (Lipinski definition) is 4. The predicted molar refractivity (Wildman–Crippen MR) is 59.3 cm³/mol. The molecule has 4 nitrogen and oxygen atoms in total. The lowest BCUT2D eigenvalue weighted by atomic mass is 10.3. The first-order valence-corrected chi connectivity index (χ1v) is 5.74. The van der Waals surface area contributed by atoms with Crippen LogP contribution in [0.2, 0.25) is 0 Å². The Morgan fingerprint density at radius 1 is 1.44 bits per heavy atom. The Bertz CT molecular complexity index is 350. The summed E-state index contributed by atoms with van der Waals surface area (Å²) in [5, 5.41) is 3.14. The maximum Gasteiger partial charge on any atom is 0.393 e. The fraction of sp³-hybridized carbons (Fsp3) is 0.727. The summed E-state index contributed by atoms with van der Waals surface area (Å²) in [7, 11) is 0. The largest absolute Gasteiger partial charge is 0.450 e. The zero-order chi connectivity index (χ0) is 13.6. The van der Waals surface area contributed by atoms with Crippen molar-refractivity contribution in [2.75, 3.05) is 6.61 Å². The molecule has 1 rings (SSSR count). The van der Waals surface area contributed by atoms with Crippen molar-refractivity contribution in [2.45, 2.75) is 45.5 Å². The fourth-order valence-electron chi connectivity index (χ4n) is 1.18. The van der Waals surface area contributed by atoms with Crippen molar-refractivity contribution in [1.82, 2.24) is 10.3 Å². The number of hydrogen-bond donors (Lipinski definition) is 1. The van der Waals surface area contributed by atoms with Crippen LogP contribution in [0, 0.1) is 0 Å². The molecule has 0 unspecified atom stereocenters. The summed E-state index contributed by atoms with van der Waals surface area (Å²) in [5.41, 5.74) is 0.662. The molecule has 1 N–H and O–H groups in total. The lowest BCUT2D eigenvalue weighted by Crippen LogP contribution is -2.21. The van der Waals surface area contributed by atoms with E-state index in [0.29, 0.717) is 18.3 Å². The lowest BCUT2D eigenvalue weighted by molar-refractivity contribution is -0.136. The Labute approximate surface area is 104 Å². The van der Waals surface area contributed by atoms with Crippen molar-refractivity contribution in [3.63, 3.8) is 0 Å². The van der Waals surface area contributed by atoms with Gasteiger partial charge >= 0.3 is 12.3 Å². The molecule has 104 valence electrons. The van der Waals surface area contributed by atoms with Crippen molar-refractivity contribution in [2.24, 2.45) is 0 Å². The van der Waals surface area contributed by atoms with Crippen LogP contribution in [0.25, 0.3) is 0 Å². The summed E-state index contributed by atoms with van der Waals surface area (Å²) in [6.45, 7) is 4.47. The van der Waals surface area contributed by atoms with Gasteiger partial charge in [-0.05, 0) is 6.42 Å². The van der Waals surface area contributed by atoms with Gasteiger partial charge in [0.05, 0.1) is 12.3 Å². The van der Waals surface area contributed by atoms with Gasteiger partial charge in [0.2, 0.25) is 0 Å². The van der Waals surface area contributed by atoms with Crippen LogP contribution >= 0.6 is 0 Å². The van der Waals surface area contributed by atoms with Crippen LogP contribution in [0.1, 0.15) is 32.4 Å². The summed E-state index contributed by atoms with van der Waals surface area (Å²) >= 11 is 0. The van der Waals surface area contributed by atoms with E-state index in [9.17, 15) is 13.2 Å². The van der Waals surface area contributed by atoms with E-state index in [1.165, 1.54) is 6.26 Å². The molecule has 18 heavy (non-hydrogen) atoms. The van der Waals surface area contributed by atoms with Gasteiger partial charge in [0.15, 0.2) is 0 Å². The highest BCUT2D eigenvalue weighted by Crippen LogP contribution is 2.21. The van der Waals surface area contributed by atoms with Crippen LogP contribution in [0.5, 0.6) is 6.08 Å². The molecule has 0 radical (unpaired) electrons. The van der Waals surface area contributed by atoms with Crippen molar-refractivity contribution < 1.29 is 22.3 Å². The van der Waals surface area contributed by atoms with Crippen LogP contribution in [0.15, 0.2) is 10.7 Å². The van der Waals surface area contributed by atoms with Gasteiger partial charge in [-0.15, -0.1) is 0 Å². The van der Waals surface area contributed by atoms with Gasteiger partial charge in [-0.2, -0.15) is 18.2 Å². The number of nitrogens with zero attached hydrogens (tertiary/aromatic N) is 1. The monoisotopic (exact) mass is 266 g/mol. The molecular weight excluding hydrogens is 249 g/mol. The highest BCUT2D eigenvalue weighted by Gasteiger charge is 2.26. The van der Waals surface area contributed by atoms with Gasteiger partial charge in [-0.25, -0.2) is 0 Å². The van der Waals surface area contributed by atoms with Gasteiger partial charge < -0.3 is 14.5 Å². The van der Waals surface area contributed by atoms with E-state index in [-0.39, 0.29) is 19.1 Å². The molecular formula is C11H17F3N2O2. The number of alkyl halides is 3. The van der Waals surface area contributed by atoms with Crippen LogP contribution in [-0.4, -0.2) is 23.8 Å². The van der Waals surface area contributed by atoms with Gasteiger partial charge in [-0.1, -0.05) is 13.8 Å². The minimum atomic E-state index is -4.15. The normalized spacial score (nSPS) is 12.1. The molecule has 0 atom stereocenters. The third-order valence-electron chi connectivity index (χ3n) is 2.05. The SMILES string of the molecule is CC(C)NCc1coc(OCCCC(F)(F)F)n1. The molecule has 0 aliphatic carbocycles. The predicted octanol–water partition coefficient (Wildman–Crippen LogP) is 2.89. The van der Waals surface area contributed by atoms with E-state index < -0.39 is 12.6 Å². The zero-order valence-corrected chi connectivity index (χ0v) is 10.4. The molecule has 0 fully saturated rings. The Hall–Kier alpha value is -1.24. The molecule has 0 bridgehead atoms. The summed E-state index contributed by atoms with van der Waals surface area (Å²) in [5.74, 6) is 0. The molecule has 0 spiro atoms. The van der Waals surface area contributed by atoms with Gasteiger partial charge in [0, 0.05) is 19.0 Å². The molecule has 0 saturated heterocycles. The molecule has 7 heteroatoms. The number of halogens is 3. The topological polar surface area (TPSA) is 47.3 Å². The van der Waals surface area contributed by atoms with E-state index in [1.807, 2.05) is 13.8 Å². The molecule has 0 saturated carbocycles. The highest BCUT2D eigenvalue weighted by molar-refractivity contribution is 4.99. The number of aromatic nitrogens is 1. The standard InChI is InChI=1S/C11H17F3N2O2/c1-8(2)15-6-9-7-18-10(16-9)17-5-3-4-11(12,13)14/h7-8,15H,3-6H2,1-2H3. The van der Waals surface area contributed by atoms with Crippen molar-refractivity contribution >= 4 is 0 Å². The fourth-order valence-corrected chi connectivity index (χ4v) is 1.18. The molecule has 1 aromatic rings. The van der Waals surface area contributed by atoms with E-state index in [4.69, 9.17) is 9.15 Å². The smallest absolute Gasteiger partial charge is 0.393 e. The minimum absolute atomic E-state index is 0.0118. The van der Waals surface area contributed by atoms with Crippen molar-refractivity contribution in [1.29, 1.82) is 0 Å². The molecule has 0 aliphatic heterocycles. The lowest BCUT2D eigenvalue weighted by Gasteiger charge is -2.05. The summed E-state index contributed by atoms with van der Waals surface area (Å²) in [4.78, 5) is 3.98. The second-order valence-corrected chi connectivity index (χ2v) is 4.21. The van der Waals surface area contributed by atoms with Crippen molar-refractivity contribution in [3.05, 3.63) is 12.0 Å². The quantitative estimate of drug-likeness (QED) is 0.771. The zero-order valence-electron chi connectivity index (χ0n) is 10.4. The van der Waals surface area contributed by atoms with Crippen LogP contribution < -0.4 is 10.1 Å². The average Bonchev–Trinajstić information content (AvgIpc) is 2.68. The number of rotatable bonds is 7. The number of oxazole rings is 1. The van der Waals surface area contributed by atoms with Gasteiger partial charge in [0.1, 0.15) is 6.26 Å². The second-order valence-electron chi connectivity index (χ2n) is 4.21. The molecule has 1 aromatic heterocycles. The van der Waals surface area contributed by atoms with Crippen LogP contribution in [0.4, 0.5) is 13.2 Å². The third-order valence-corrected chi connectivity index (χ3v) is 2.05. The van der Waals surface area contributed by atoms with Crippen LogP contribution in [0.3, 0.4) is 0 Å². The Morgan fingerprint density at radius 2 is 2.17 bits per heavy atom.